The Morgan fingerprint density at radius 1 is 0.222 bits per heavy atom. The van der Waals surface area contributed by atoms with Crippen LogP contribution in [-0.4, -0.2) is 129 Å². The smallest absolute Gasteiger partial charge is 0 e. The first kappa shape index (κ1) is 185. The molecule has 0 aromatic heterocycles. The number of rotatable bonds is 0. The van der Waals surface area contributed by atoms with Crippen LogP contribution in [0.4, 0.5) is 0 Å². The van der Waals surface area contributed by atoms with Gasteiger partial charge in [0.25, 0.3) is 0 Å². The SMILES string of the molecule is O.O.O.O.O.O.O.[Sr].[Sr]. The fourth-order valence-corrected chi connectivity index (χ4v) is 0. The monoisotopic (exact) mass is 302 g/mol. The molecule has 0 fully saturated rings. The molecule has 9 heavy (non-hydrogen) atoms. The fourth-order valence-electron chi connectivity index (χ4n) is 0. The zero-order valence-corrected chi connectivity index (χ0v) is 11.9. The van der Waals surface area contributed by atoms with E-state index < -0.39 is 0 Å². The van der Waals surface area contributed by atoms with Crippen molar-refractivity contribution in [3.8, 4) is 0 Å². The molecule has 0 aliphatic rings. The van der Waals surface area contributed by atoms with Crippen LogP contribution >= 0.6 is 0 Å². The summed E-state index contributed by atoms with van der Waals surface area (Å²) in [7, 11) is 0. The third kappa shape index (κ3) is 112. The minimum Gasteiger partial charge on any atom is -0.412 e. The maximum atomic E-state index is 0. The fraction of sp³-hybridized carbons (Fsp3) is 0. The summed E-state index contributed by atoms with van der Waals surface area (Å²) in [5.41, 5.74) is 0. The molecular formula is H14O7Sr2. The molecule has 0 aromatic carbocycles. The van der Waals surface area contributed by atoms with Crippen LogP contribution in [0.5, 0.6) is 0 Å². The van der Waals surface area contributed by atoms with Crippen molar-refractivity contribution in [3.05, 3.63) is 0 Å². The van der Waals surface area contributed by atoms with Gasteiger partial charge in [0, 0.05) is 91.0 Å². The maximum absolute atomic E-state index is 0. The molecule has 0 amide bonds. The summed E-state index contributed by atoms with van der Waals surface area (Å²) in [5.74, 6) is 0. The molecule has 0 aliphatic carbocycles. The zero-order chi connectivity index (χ0) is 0. The molecule has 0 unspecified atom stereocenters. The van der Waals surface area contributed by atoms with E-state index in [1.807, 2.05) is 0 Å². The van der Waals surface area contributed by atoms with Gasteiger partial charge in [-0.2, -0.15) is 0 Å². The molecule has 0 atom stereocenters. The Morgan fingerprint density at radius 2 is 0.222 bits per heavy atom. The Morgan fingerprint density at radius 3 is 0.222 bits per heavy atom. The van der Waals surface area contributed by atoms with Gasteiger partial charge in [-0.1, -0.05) is 0 Å². The Bertz CT molecular complexity index is 6.88. The molecule has 0 aliphatic heterocycles. The molecule has 0 saturated heterocycles. The van der Waals surface area contributed by atoms with Crippen molar-refractivity contribution in [2.45, 2.75) is 0 Å². The quantitative estimate of drug-likeness (QED) is 0.380. The standard InChI is InChI=1S/7H2O.2Sr/h7*1H2;;. The van der Waals surface area contributed by atoms with Gasteiger partial charge in [0.2, 0.25) is 0 Å². The second kappa shape index (κ2) is 139. The summed E-state index contributed by atoms with van der Waals surface area (Å²) in [6.07, 6.45) is 0. The van der Waals surface area contributed by atoms with Crippen molar-refractivity contribution < 1.29 is 38.3 Å². The molecular weight excluding hydrogens is 287 g/mol. The summed E-state index contributed by atoms with van der Waals surface area (Å²) >= 11 is 0. The van der Waals surface area contributed by atoms with E-state index in [1.165, 1.54) is 0 Å². The summed E-state index contributed by atoms with van der Waals surface area (Å²) in [4.78, 5) is 0. The van der Waals surface area contributed by atoms with Gasteiger partial charge in [0.1, 0.15) is 0 Å². The van der Waals surface area contributed by atoms with E-state index in [0.29, 0.717) is 0 Å². The predicted octanol–water partition coefficient (Wildman–Crippen LogP) is -6.53. The van der Waals surface area contributed by atoms with Crippen molar-refractivity contribution in [3.63, 3.8) is 0 Å². The van der Waals surface area contributed by atoms with Crippen molar-refractivity contribution >= 4 is 91.0 Å². The van der Waals surface area contributed by atoms with E-state index in [1.54, 1.807) is 0 Å². The van der Waals surface area contributed by atoms with Crippen LogP contribution in [0.3, 0.4) is 0 Å². The number of hydrogen-bond acceptors (Lipinski definition) is 0. The molecule has 7 nitrogen and oxygen atoms in total. The van der Waals surface area contributed by atoms with Crippen LogP contribution < -0.4 is 0 Å². The molecule has 0 aromatic rings. The van der Waals surface area contributed by atoms with E-state index in [-0.39, 0.29) is 129 Å². The first-order valence-electron chi connectivity index (χ1n) is 0. The van der Waals surface area contributed by atoms with E-state index in [0.717, 1.165) is 0 Å². The van der Waals surface area contributed by atoms with Gasteiger partial charge in [0.05, 0.1) is 0 Å². The van der Waals surface area contributed by atoms with Gasteiger partial charge in [-0.05, 0) is 0 Å². The minimum absolute atomic E-state index is 0. The third-order valence-corrected chi connectivity index (χ3v) is 0. The van der Waals surface area contributed by atoms with Crippen LogP contribution in [0.2, 0.25) is 0 Å². The molecule has 0 bridgehead atoms. The second-order valence-electron chi connectivity index (χ2n) is 0. The van der Waals surface area contributed by atoms with Crippen molar-refractivity contribution in [1.82, 2.24) is 0 Å². The first-order chi connectivity index (χ1) is 0. The topological polar surface area (TPSA) is 220 Å². The van der Waals surface area contributed by atoms with Crippen molar-refractivity contribution in [2.75, 3.05) is 0 Å². The molecule has 60 valence electrons. The van der Waals surface area contributed by atoms with Gasteiger partial charge < -0.3 is 38.3 Å². The minimum atomic E-state index is 0. The van der Waals surface area contributed by atoms with Crippen LogP contribution in [-0.2, 0) is 0 Å². The molecule has 4 radical (unpaired) electrons. The normalized spacial score (nSPS) is 0. The molecule has 0 heterocycles. The predicted molar refractivity (Wildman–Crippen MR) is 36.8 cm³/mol. The van der Waals surface area contributed by atoms with Crippen LogP contribution in [0.25, 0.3) is 0 Å². The van der Waals surface area contributed by atoms with Gasteiger partial charge in [-0.3, -0.25) is 0 Å². The van der Waals surface area contributed by atoms with Crippen molar-refractivity contribution in [1.29, 1.82) is 0 Å². The maximum Gasteiger partial charge on any atom is 0 e. The van der Waals surface area contributed by atoms with E-state index in [9.17, 15) is 0 Å². The third-order valence-electron chi connectivity index (χ3n) is 0. The molecule has 9 heteroatoms. The summed E-state index contributed by atoms with van der Waals surface area (Å²) in [6.45, 7) is 0. The van der Waals surface area contributed by atoms with E-state index in [4.69, 9.17) is 0 Å². The van der Waals surface area contributed by atoms with Gasteiger partial charge in [-0.15, -0.1) is 0 Å². The van der Waals surface area contributed by atoms with Crippen molar-refractivity contribution in [2.24, 2.45) is 0 Å². The zero-order valence-electron chi connectivity index (χ0n) is 4.91. The molecule has 0 spiro atoms. The Hall–Kier alpha value is 2.68. The summed E-state index contributed by atoms with van der Waals surface area (Å²) < 4.78 is 0. The van der Waals surface area contributed by atoms with Gasteiger partial charge in [-0.25, -0.2) is 0 Å². The molecule has 14 N–H and O–H groups in total. The van der Waals surface area contributed by atoms with Crippen LogP contribution in [0.1, 0.15) is 0 Å². The summed E-state index contributed by atoms with van der Waals surface area (Å²) in [6, 6.07) is 0. The Kier molecular flexibility index (Phi) is 2870. The van der Waals surface area contributed by atoms with E-state index in [2.05, 4.69) is 0 Å². The van der Waals surface area contributed by atoms with Crippen LogP contribution in [0.15, 0.2) is 0 Å². The number of hydrogen-bond donors (Lipinski definition) is 0. The summed E-state index contributed by atoms with van der Waals surface area (Å²) in [5, 5.41) is 0. The first-order valence-corrected chi connectivity index (χ1v) is 0. The molecule has 0 rings (SSSR count). The van der Waals surface area contributed by atoms with Crippen LogP contribution in [0, 0.1) is 0 Å². The Balaban J connectivity index is 0. The second-order valence-corrected chi connectivity index (χ2v) is 0. The largest absolute Gasteiger partial charge is 0.412 e. The van der Waals surface area contributed by atoms with E-state index >= 15 is 0 Å². The van der Waals surface area contributed by atoms with Gasteiger partial charge in [0.15, 0.2) is 0 Å². The Labute approximate surface area is 127 Å². The van der Waals surface area contributed by atoms with Gasteiger partial charge >= 0.3 is 0 Å². The average molecular weight is 301 g/mol. The average Bonchev–Trinajstić information content (AvgIpc) is 0. The molecule has 0 saturated carbocycles.